The molecule has 0 radical (unpaired) electrons. The summed E-state index contributed by atoms with van der Waals surface area (Å²) in [6.07, 6.45) is -1.28. The zero-order chi connectivity index (χ0) is 16.9. The van der Waals surface area contributed by atoms with Crippen LogP contribution in [0.2, 0.25) is 0 Å². The van der Waals surface area contributed by atoms with Crippen molar-refractivity contribution in [1.29, 1.82) is 0 Å². The number of aliphatic hydroxyl groups is 4. The van der Waals surface area contributed by atoms with Gasteiger partial charge in [-0.15, -0.1) is 6.58 Å². The van der Waals surface area contributed by atoms with E-state index in [-0.39, 0.29) is 0 Å². The molecule has 128 valence electrons. The van der Waals surface area contributed by atoms with Crippen molar-refractivity contribution < 1.29 is 29.9 Å². The minimum Gasteiger partial charge on any atom is -0.394 e. The largest absolute Gasteiger partial charge is 0.394 e. The van der Waals surface area contributed by atoms with Crippen LogP contribution in [0.25, 0.3) is 0 Å². The summed E-state index contributed by atoms with van der Waals surface area (Å²) in [4.78, 5) is 0. The SMILES string of the molecule is C=C[C@@](C)(CCC=C(C)C)OC1O[C@H](CO)[C@@H](O)[C@H](O)[C@H]1O. The molecule has 1 aliphatic heterocycles. The first kappa shape index (κ1) is 19.3. The lowest BCUT2D eigenvalue weighted by Gasteiger charge is -2.42. The van der Waals surface area contributed by atoms with E-state index >= 15 is 0 Å². The third kappa shape index (κ3) is 4.87. The summed E-state index contributed by atoms with van der Waals surface area (Å²) < 4.78 is 11.1. The molecule has 0 saturated carbocycles. The summed E-state index contributed by atoms with van der Waals surface area (Å²) in [5.74, 6) is 0. The Bertz CT molecular complexity index is 390. The van der Waals surface area contributed by atoms with Crippen LogP contribution in [0.15, 0.2) is 24.3 Å². The first-order chi connectivity index (χ1) is 10.2. The molecule has 1 fully saturated rings. The van der Waals surface area contributed by atoms with Crippen LogP contribution in [0.1, 0.15) is 33.6 Å². The predicted molar refractivity (Wildman–Crippen MR) is 82.1 cm³/mol. The molecule has 1 rings (SSSR count). The van der Waals surface area contributed by atoms with Crippen LogP contribution in [0.3, 0.4) is 0 Å². The van der Waals surface area contributed by atoms with Crippen LogP contribution in [-0.2, 0) is 9.47 Å². The fourth-order valence-electron chi connectivity index (χ4n) is 2.29. The highest BCUT2D eigenvalue weighted by molar-refractivity contribution is 5.00. The average molecular weight is 316 g/mol. The zero-order valence-electron chi connectivity index (χ0n) is 13.5. The van der Waals surface area contributed by atoms with Crippen LogP contribution < -0.4 is 0 Å². The van der Waals surface area contributed by atoms with E-state index in [9.17, 15) is 20.4 Å². The van der Waals surface area contributed by atoms with E-state index in [0.717, 1.165) is 6.42 Å². The Hall–Kier alpha value is -0.760. The standard InChI is InChI=1S/C16H28O6/c1-5-16(4,8-6-7-10(2)3)22-15-14(20)13(19)12(18)11(9-17)21-15/h5,7,11-15,17-20H,1,6,8-9H2,2-4H3/t11-,12-,13+,14-,15?,16+/m1/s1. The number of hydrogen-bond acceptors (Lipinski definition) is 6. The van der Waals surface area contributed by atoms with Gasteiger partial charge in [0.15, 0.2) is 6.29 Å². The summed E-state index contributed by atoms with van der Waals surface area (Å²) in [7, 11) is 0. The summed E-state index contributed by atoms with van der Waals surface area (Å²) in [6.45, 7) is 9.08. The molecule has 0 aliphatic carbocycles. The maximum absolute atomic E-state index is 10.0. The van der Waals surface area contributed by atoms with Gasteiger partial charge in [-0.2, -0.15) is 0 Å². The topological polar surface area (TPSA) is 99.4 Å². The Balaban J connectivity index is 2.75. The van der Waals surface area contributed by atoms with Crippen LogP contribution in [-0.4, -0.2) is 63.3 Å². The Morgan fingerprint density at radius 2 is 1.86 bits per heavy atom. The van der Waals surface area contributed by atoms with Crippen LogP contribution in [0, 0.1) is 0 Å². The van der Waals surface area contributed by atoms with E-state index in [1.807, 2.05) is 13.8 Å². The number of rotatable bonds is 7. The van der Waals surface area contributed by atoms with Gasteiger partial charge < -0.3 is 29.9 Å². The predicted octanol–water partition coefficient (Wildman–Crippen LogP) is 0.494. The first-order valence-electron chi connectivity index (χ1n) is 7.49. The molecular weight excluding hydrogens is 288 g/mol. The van der Waals surface area contributed by atoms with Crippen molar-refractivity contribution in [3.05, 3.63) is 24.3 Å². The van der Waals surface area contributed by atoms with Gasteiger partial charge in [0.1, 0.15) is 24.4 Å². The molecule has 0 spiro atoms. The molecule has 0 aromatic rings. The van der Waals surface area contributed by atoms with Crippen molar-refractivity contribution in [2.24, 2.45) is 0 Å². The molecule has 1 saturated heterocycles. The lowest BCUT2D eigenvalue weighted by atomic mass is 9.96. The van der Waals surface area contributed by atoms with Gasteiger partial charge in [0.05, 0.1) is 12.2 Å². The molecule has 0 amide bonds. The van der Waals surface area contributed by atoms with E-state index in [1.54, 1.807) is 13.0 Å². The highest BCUT2D eigenvalue weighted by Gasteiger charge is 2.45. The lowest BCUT2D eigenvalue weighted by molar-refractivity contribution is -0.319. The molecule has 1 unspecified atom stereocenters. The average Bonchev–Trinajstić information content (AvgIpc) is 2.47. The van der Waals surface area contributed by atoms with Gasteiger partial charge in [0, 0.05) is 0 Å². The van der Waals surface area contributed by atoms with E-state index in [4.69, 9.17) is 9.47 Å². The van der Waals surface area contributed by atoms with Crippen molar-refractivity contribution in [3.63, 3.8) is 0 Å². The van der Waals surface area contributed by atoms with Gasteiger partial charge >= 0.3 is 0 Å². The second-order valence-corrected chi connectivity index (χ2v) is 6.15. The van der Waals surface area contributed by atoms with Crippen LogP contribution in [0.4, 0.5) is 0 Å². The van der Waals surface area contributed by atoms with Gasteiger partial charge in [0.2, 0.25) is 0 Å². The maximum atomic E-state index is 10.0. The molecule has 4 N–H and O–H groups in total. The number of hydrogen-bond donors (Lipinski definition) is 4. The molecule has 6 atom stereocenters. The third-order valence-electron chi connectivity index (χ3n) is 3.86. The molecule has 0 bridgehead atoms. The fraction of sp³-hybridized carbons (Fsp3) is 0.750. The molecule has 0 aromatic carbocycles. The molecular formula is C16H28O6. The molecule has 22 heavy (non-hydrogen) atoms. The van der Waals surface area contributed by atoms with Crippen molar-refractivity contribution in [3.8, 4) is 0 Å². The summed E-state index contributed by atoms with van der Waals surface area (Å²) in [5.41, 5.74) is 0.429. The Kier molecular flexibility index (Phi) is 7.18. The first-order valence-corrected chi connectivity index (χ1v) is 7.49. The van der Waals surface area contributed by atoms with E-state index in [0.29, 0.717) is 6.42 Å². The minimum absolute atomic E-state index is 0.479. The Labute approximate surface area is 131 Å². The maximum Gasteiger partial charge on any atom is 0.187 e. The zero-order valence-corrected chi connectivity index (χ0v) is 13.5. The van der Waals surface area contributed by atoms with Gasteiger partial charge in [0.25, 0.3) is 0 Å². The molecule has 1 aliphatic rings. The summed E-state index contributed by atoms with van der Waals surface area (Å²) >= 11 is 0. The van der Waals surface area contributed by atoms with Crippen LogP contribution in [0.5, 0.6) is 0 Å². The highest BCUT2D eigenvalue weighted by Crippen LogP contribution is 2.29. The Morgan fingerprint density at radius 3 is 2.36 bits per heavy atom. The molecule has 1 heterocycles. The van der Waals surface area contributed by atoms with Gasteiger partial charge in [-0.25, -0.2) is 0 Å². The van der Waals surface area contributed by atoms with E-state index in [2.05, 4.69) is 12.7 Å². The lowest BCUT2D eigenvalue weighted by Crippen LogP contribution is -2.60. The van der Waals surface area contributed by atoms with Crippen LogP contribution >= 0.6 is 0 Å². The smallest absolute Gasteiger partial charge is 0.187 e. The normalized spacial score (nSPS) is 34.8. The second-order valence-electron chi connectivity index (χ2n) is 6.15. The summed E-state index contributed by atoms with van der Waals surface area (Å²) in [6, 6.07) is 0. The number of aliphatic hydroxyl groups excluding tert-OH is 4. The fourth-order valence-corrected chi connectivity index (χ4v) is 2.29. The Morgan fingerprint density at radius 1 is 1.23 bits per heavy atom. The quantitative estimate of drug-likeness (QED) is 0.510. The molecule has 6 nitrogen and oxygen atoms in total. The van der Waals surface area contributed by atoms with Gasteiger partial charge in [-0.1, -0.05) is 17.7 Å². The van der Waals surface area contributed by atoms with E-state index in [1.165, 1.54) is 5.57 Å². The van der Waals surface area contributed by atoms with Crippen molar-refractivity contribution in [2.75, 3.05) is 6.61 Å². The molecule has 0 aromatic heterocycles. The third-order valence-corrected chi connectivity index (χ3v) is 3.86. The van der Waals surface area contributed by atoms with Gasteiger partial charge in [-0.05, 0) is 33.6 Å². The van der Waals surface area contributed by atoms with Crippen molar-refractivity contribution in [2.45, 2.75) is 69.9 Å². The minimum atomic E-state index is -1.44. The van der Waals surface area contributed by atoms with E-state index < -0.39 is 42.9 Å². The van der Waals surface area contributed by atoms with Crippen molar-refractivity contribution >= 4 is 0 Å². The summed E-state index contributed by atoms with van der Waals surface area (Å²) in [5, 5.41) is 38.7. The number of ether oxygens (including phenoxy) is 2. The molecule has 6 heteroatoms. The monoisotopic (exact) mass is 316 g/mol. The second kappa shape index (κ2) is 8.19. The highest BCUT2D eigenvalue weighted by atomic mass is 16.7. The van der Waals surface area contributed by atoms with Crippen molar-refractivity contribution in [1.82, 2.24) is 0 Å². The van der Waals surface area contributed by atoms with Gasteiger partial charge in [-0.3, -0.25) is 0 Å². The number of allylic oxidation sites excluding steroid dienone is 2.